The molecule has 0 amide bonds. The Kier molecular flexibility index (Phi) is 4.22. The van der Waals surface area contributed by atoms with E-state index in [1.165, 1.54) is 13.2 Å². The number of ether oxygens (including phenoxy) is 1. The fourth-order valence-corrected chi connectivity index (χ4v) is 1.99. The Hall–Kier alpha value is -2.11. The van der Waals surface area contributed by atoms with Crippen molar-refractivity contribution in [2.45, 2.75) is 19.4 Å². The first-order valence-corrected chi connectivity index (χ1v) is 6.11. The summed E-state index contributed by atoms with van der Waals surface area (Å²) in [5.41, 5.74) is 1.57. The van der Waals surface area contributed by atoms with E-state index in [1.54, 1.807) is 19.1 Å². The van der Waals surface area contributed by atoms with Crippen LogP contribution in [0.3, 0.4) is 0 Å². The van der Waals surface area contributed by atoms with E-state index in [0.29, 0.717) is 23.3 Å². The van der Waals surface area contributed by atoms with Crippen LogP contribution in [0.2, 0.25) is 0 Å². The van der Waals surface area contributed by atoms with E-state index >= 15 is 0 Å². The molecule has 1 heterocycles. The van der Waals surface area contributed by atoms with Crippen molar-refractivity contribution in [1.29, 1.82) is 0 Å². The summed E-state index contributed by atoms with van der Waals surface area (Å²) in [5.74, 6) is 0.565. The smallest absolute Gasteiger partial charge is 0.336 e. The summed E-state index contributed by atoms with van der Waals surface area (Å²) in [6.45, 7) is 5.54. The zero-order valence-electron chi connectivity index (χ0n) is 11.4. The second-order valence-electron chi connectivity index (χ2n) is 4.60. The van der Waals surface area contributed by atoms with Gasteiger partial charge in [-0.05, 0) is 30.2 Å². The van der Waals surface area contributed by atoms with E-state index in [-0.39, 0.29) is 0 Å². The Labute approximate surface area is 116 Å². The molecule has 2 rings (SSSR count). The maximum atomic E-state index is 11.2. The molecule has 1 aromatic heterocycles. The predicted molar refractivity (Wildman–Crippen MR) is 75.1 cm³/mol. The molecule has 0 aliphatic carbocycles. The van der Waals surface area contributed by atoms with Gasteiger partial charge < -0.3 is 9.15 Å². The van der Waals surface area contributed by atoms with Crippen LogP contribution in [-0.4, -0.2) is 18.5 Å². The number of rotatable bonds is 5. The molecule has 2 aromatic rings. The number of methoxy groups -OCH3 is 1. The van der Waals surface area contributed by atoms with Gasteiger partial charge in [-0.25, -0.2) is 9.68 Å². The number of fused-ring (bicyclic) bond motifs is 1. The van der Waals surface area contributed by atoms with E-state index < -0.39 is 11.7 Å². The molecule has 20 heavy (non-hydrogen) atoms. The minimum Gasteiger partial charge on any atom is -0.496 e. The Balaban J connectivity index is 2.49. The highest BCUT2D eigenvalue weighted by Crippen LogP contribution is 2.27. The molecule has 0 aliphatic heterocycles. The van der Waals surface area contributed by atoms with Crippen LogP contribution in [0, 0.1) is 0 Å². The Bertz CT molecular complexity index is 686. The SMILES string of the molecule is C=C(C)C(Cc1cc2ccc(=O)oc2cc1OC)OO. The monoisotopic (exact) mass is 276 g/mol. The van der Waals surface area contributed by atoms with Gasteiger partial charge in [-0.2, -0.15) is 0 Å². The van der Waals surface area contributed by atoms with Crippen molar-refractivity contribution in [3.63, 3.8) is 0 Å². The van der Waals surface area contributed by atoms with Crippen LogP contribution in [-0.2, 0) is 11.3 Å². The molecule has 0 spiro atoms. The highest BCUT2D eigenvalue weighted by Gasteiger charge is 2.15. The van der Waals surface area contributed by atoms with Crippen LogP contribution in [0.15, 0.2) is 45.6 Å². The molecular weight excluding hydrogens is 260 g/mol. The summed E-state index contributed by atoms with van der Waals surface area (Å²) in [6.07, 6.45) is -0.110. The van der Waals surface area contributed by atoms with Crippen LogP contribution in [0.25, 0.3) is 11.0 Å². The molecule has 0 saturated carbocycles. The summed E-state index contributed by atoms with van der Waals surface area (Å²) in [4.78, 5) is 15.6. The van der Waals surface area contributed by atoms with Gasteiger partial charge in [0.2, 0.25) is 0 Å². The third kappa shape index (κ3) is 2.89. The van der Waals surface area contributed by atoms with Crippen LogP contribution in [0.1, 0.15) is 12.5 Å². The van der Waals surface area contributed by atoms with Gasteiger partial charge in [-0.15, -0.1) is 0 Å². The summed E-state index contributed by atoms with van der Waals surface area (Å²) >= 11 is 0. The van der Waals surface area contributed by atoms with E-state index in [0.717, 1.165) is 10.9 Å². The number of hydrogen-bond acceptors (Lipinski definition) is 5. The van der Waals surface area contributed by atoms with Crippen molar-refractivity contribution >= 4 is 11.0 Å². The summed E-state index contributed by atoms with van der Waals surface area (Å²) in [7, 11) is 1.53. The molecule has 0 radical (unpaired) electrons. The summed E-state index contributed by atoms with van der Waals surface area (Å²) in [6, 6.07) is 6.53. The average Bonchev–Trinajstić information content (AvgIpc) is 2.43. The molecule has 0 aliphatic rings. The van der Waals surface area contributed by atoms with Gasteiger partial charge in [0.25, 0.3) is 0 Å². The molecule has 0 saturated heterocycles. The Morgan fingerprint density at radius 1 is 1.45 bits per heavy atom. The van der Waals surface area contributed by atoms with Gasteiger partial charge in [-0.3, -0.25) is 5.26 Å². The van der Waals surface area contributed by atoms with E-state index in [1.807, 2.05) is 6.07 Å². The van der Waals surface area contributed by atoms with Gasteiger partial charge in [0, 0.05) is 23.9 Å². The van der Waals surface area contributed by atoms with Gasteiger partial charge in [0.15, 0.2) is 0 Å². The van der Waals surface area contributed by atoms with E-state index in [4.69, 9.17) is 14.4 Å². The summed E-state index contributed by atoms with van der Waals surface area (Å²) in [5, 5.41) is 9.69. The molecule has 0 bridgehead atoms. The number of hydrogen-bond donors (Lipinski definition) is 1. The van der Waals surface area contributed by atoms with E-state index in [9.17, 15) is 4.79 Å². The third-order valence-corrected chi connectivity index (χ3v) is 3.10. The van der Waals surface area contributed by atoms with Crippen molar-refractivity contribution < 1.29 is 19.3 Å². The van der Waals surface area contributed by atoms with Crippen molar-refractivity contribution in [2.75, 3.05) is 7.11 Å². The highest BCUT2D eigenvalue weighted by atomic mass is 17.1. The molecule has 5 nitrogen and oxygen atoms in total. The zero-order valence-corrected chi connectivity index (χ0v) is 11.4. The maximum absolute atomic E-state index is 11.2. The van der Waals surface area contributed by atoms with Gasteiger partial charge >= 0.3 is 5.63 Å². The van der Waals surface area contributed by atoms with Crippen molar-refractivity contribution in [3.05, 3.63) is 52.4 Å². The minimum atomic E-state index is -0.517. The molecular formula is C15H16O5. The van der Waals surface area contributed by atoms with Crippen LogP contribution >= 0.6 is 0 Å². The second kappa shape index (κ2) is 5.90. The fraction of sp³-hybridized carbons (Fsp3) is 0.267. The Morgan fingerprint density at radius 2 is 2.20 bits per heavy atom. The Morgan fingerprint density at radius 3 is 2.80 bits per heavy atom. The highest BCUT2D eigenvalue weighted by molar-refractivity contribution is 5.79. The quantitative estimate of drug-likeness (QED) is 0.393. The van der Waals surface area contributed by atoms with Crippen molar-refractivity contribution in [2.24, 2.45) is 0 Å². The first kappa shape index (κ1) is 14.3. The van der Waals surface area contributed by atoms with Crippen LogP contribution < -0.4 is 10.4 Å². The third-order valence-electron chi connectivity index (χ3n) is 3.10. The topological polar surface area (TPSA) is 68.9 Å². The lowest BCUT2D eigenvalue weighted by atomic mass is 10.0. The lowest BCUT2D eigenvalue weighted by Gasteiger charge is -2.16. The molecule has 1 N–H and O–H groups in total. The predicted octanol–water partition coefficient (Wildman–Crippen LogP) is 2.78. The molecule has 1 unspecified atom stereocenters. The normalized spacial score (nSPS) is 12.3. The molecule has 106 valence electrons. The standard InChI is InChI=1S/C15H16O5/c1-9(2)12(20-17)7-11-6-10-4-5-15(16)19-14(10)8-13(11)18-3/h4-6,8,12,17H,1,7H2,2-3H3. The van der Waals surface area contributed by atoms with Crippen molar-refractivity contribution in [1.82, 2.24) is 0 Å². The molecule has 1 atom stereocenters. The lowest BCUT2D eigenvalue weighted by molar-refractivity contribution is -0.268. The fourth-order valence-electron chi connectivity index (χ4n) is 1.99. The molecule has 0 fully saturated rings. The van der Waals surface area contributed by atoms with Crippen molar-refractivity contribution in [3.8, 4) is 5.75 Å². The number of benzene rings is 1. The van der Waals surface area contributed by atoms with Gasteiger partial charge in [0.05, 0.1) is 7.11 Å². The first-order chi connectivity index (χ1) is 9.55. The maximum Gasteiger partial charge on any atom is 0.336 e. The van der Waals surface area contributed by atoms with E-state index in [2.05, 4.69) is 11.5 Å². The zero-order chi connectivity index (χ0) is 14.7. The largest absolute Gasteiger partial charge is 0.496 e. The molecule has 1 aromatic carbocycles. The summed E-state index contributed by atoms with van der Waals surface area (Å²) < 4.78 is 10.4. The molecule has 5 heteroatoms. The van der Waals surface area contributed by atoms with Crippen LogP contribution in [0.5, 0.6) is 5.75 Å². The second-order valence-corrected chi connectivity index (χ2v) is 4.60. The van der Waals surface area contributed by atoms with Gasteiger partial charge in [-0.1, -0.05) is 6.58 Å². The minimum absolute atomic E-state index is 0.407. The van der Waals surface area contributed by atoms with Gasteiger partial charge in [0.1, 0.15) is 17.4 Å². The van der Waals surface area contributed by atoms with Crippen LogP contribution in [0.4, 0.5) is 0 Å². The average molecular weight is 276 g/mol. The lowest BCUT2D eigenvalue weighted by Crippen LogP contribution is -2.15. The first-order valence-electron chi connectivity index (χ1n) is 6.11.